The van der Waals surface area contributed by atoms with Gasteiger partial charge in [0, 0.05) is 38.3 Å². The first-order valence-electron chi connectivity index (χ1n) is 10.8. The van der Waals surface area contributed by atoms with Gasteiger partial charge in [0.25, 0.3) is 5.91 Å². The normalized spacial score (nSPS) is 13.4. The van der Waals surface area contributed by atoms with E-state index in [1.54, 1.807) is 47.8 Å². The zero-order valence-corrected chi connectivity index (χ0v) is 19.5. The fraction of sp³-hybridized carbons (Fsp3) is 0.304. The van der Waals surface area contributed by atoms with Crippen LogP contribution < -0.4 is 15.5 Å². The molecule has 11 heteroatoms. The quantitative estimate of drug-likeness (QED) is 0.535. The zero-order chi connectivity index (χ0) is 23.9. The maximum Gasteiger partial charge on any atom is 0.321 e. The van der Waals surface area contributed by atoms with Gasteiger partial charge >= 0.3 is 6.03 Å². The Bertz CT molecular complexity index is 1150. The van der Waals surface area contributed by atoms with Crippen molar-refractivity contribution in [1.82, 2.24) is 20.2 Å². The maximum atomic E-state index is 13.3. The number of hydrogen-bond donors (Lipinski definition) is 2. The van der Waals surface area contributed by atoms with E-state index in [0.717, 1.165) is 0 Å². The molecule has 3 aromatic rings. The molecule has 1 aromatic carbocycles. The van der Waals surface area contributed by atoms with Crippen LogP contribution in [0.5, 0.6) is 0 Å². The molecule has 178 valence electrons. The van der Waals surface area contributed by atoms with Gasteiger partial charge in [0.05, 0.1) is 31.0 Å². The summed E-state index contributed by atoms with van der Waals surface area (Å²) in [6.07, 6.45) is 1.68. The average Bonchev–Trinajstić information content (AvgIpc) is 3.29. The third-order valence-corrected chi connectivity index (χ3v) is 5.99. The maximum absolute atomic E-state index is 13.3. The van der Waals surface area contributed by atoms with Gasteiger partial charge in [-0.15, -0.1) is 11.3 Å². The van der Waals surface area contributed by atoms with Crippen molar-refractivity contribution in [3.63, 3.8) is 0 Å². The summed E-state index contributed by atoms with van der Waals surface area (Å²) in [4.78, 5) is 37.7. The number of carbonyl (C=O) groups excluding carboxylic acids is 2. The summed E-state index contributed by atoms with van der Waals surface area (Å²) in [5.41, 5.74) is 1.83. The number of morpholine rings is 1. The van der Waals surface area contributed by atoms with Crippen LogP contribution in [0.1, 0.15) is 21.6 Å². The molecule has 9 nitrogen and oxygen atoms in total. The van der Waals surface area contributed by atoms with E-state index in [9.17, 15) is 14.0 Å². The number of nitrogens with zero attached hydrogens (tertiary/aromatic N) is 4. The zero-order valence-electron chi connectivity index (χ0n) is 18.7. The second kappa shape index (κ2) is 11.0. The lowest BCUT2D eigenvalue weighted by atomic mass is 10.2. The van der Waals surface area contributed by atoms with E-state index in [1.807, 2.05) is 0 Å². The van der Waals surface area contributed by atoms with Gasteiger partial charge in [0.15, 0.2) is 5.13 Å². The van der Waals surface area contributed by atoms with Gasteiger partial charge in [-0.2, -0.15) is 0 Å². The highest BCUT2D eigenvalue weighted by Crippen LogP contribution is 2.22. The summed E-state index contributed by atoms with van der Waals surface area (Å²) in [6, 6.07) is 9.10. The van der Waals surface area contributed by atoms with Crippen LogP contribution in [0.4, 0.5) is 20.1 Å². The van der Waals surface area contributed by atoms with Crippen molar-refractivity contribution in [2.45, 2.75) is 13.1 Å². The molecule has 0 radical (unpaired) electrons. The summed E-state index contributed by atoms with van der Waals surface area (Å²) < 4.78 is 18.7. The fourth-order valence-corrected chi connectivity index (χ4v) is 4.22. The predicted octanol–water partition coefficient (Wildman–Crippen LogP) is 3.11. The number of anilines is 2. The van der Waals surface area contributed by atoms with E-state index in [2.05, 4.69) is 25.5 Å². The van der Waals surface area contributed by atoms with Crippen LogP contribution in [0.25, 0.3) is 0 Å². The van der Waals surface area contributed by atoms with Gasteiger partial charge in [-0.3, -0.25) is 10.1 Å². The van der Waals surface area contributed by atoms with Gasteiger partial charge in [-0.25, -0.2) is 19.2 Å². The topological polar surface area (TPSA) is 99.7 Å². The molecule has 0 unspecified atom stereocenters. The van der Waals surface area contributed by atoms with Crippen LogP contribution >= 0.6 is 11.3 Å². The second-order valence-corrected chi connectivity index (χ2v) is 8.57. The number of ether oxygens (including phenoxy) is 1. The minimum Gasteiger partial charge on any atom is -0.378 e. The minimum atomic E-state index is -0.444. The highest BCUT2D eigenvalue weighted by atomic mass is 32.1. The van der Waals surface area contributed by atoms with Crippen LogP contribution in [-0.2, 0) is 17.8 Å². The van der Waals surface area contributed by atoms with Crippen LogP contribution in [0.15, 0.2) is 48.0 Å². The van der Waals surface area contributed by atoms with Crippen molar-refractivity contribution in [2.24, 2.45) is 0 Å². The molecule has 1 aliphatic heterocycles. The van der Waals surface area contributed by atoms with Crippen molar-refractivity contribution < 1.29 is 18.7 Å². The Hall–Kier alpha value is -3.57. The van der Waals surface area contributed by atoms with Crippen molar-refractivity contribution in [3.05, 3.63) is 70.6 Å². The Morgan fingerprint density at radius 2 is 2.06 bits per heavy atom. The lowest BCUT2D eigenvalue weighted by molar-refractivity contribution is 0.0782. The Morgan fingerprint density at radius 3 is 2.85 bits per heavy atom. The first kappa shape index (κ1) is 23.6. The summed E-state index contributed by atoms with van der Waals surface area (Å²) in [6.45, 7) is 3.04. The summed E-state index contributed by atoms with van der Waals surface area (Å²) >= 11 is 1.26. The summed E-state index contributed by atoms with van der Waals surface area (Å²) in [7, 11) is 1.70. The van der Waals surface area contributed by atoms with Crippen LogP contribution in [-0.4, -0.2) is 60.2 Å². The Kier molecular flexibility index (Phi) is 7.65. The van der Waals surface area contributed by atoms with E-state index >= 15 is 0 Å². The smallest absolute Gasteiger partial charge is 0.321 e. The molecule has 0 aliphatic carbocycles. The van der Waals surface area contributed by atoms with Crippen LogP contribution in [0.3, 0.4) is 0 Å². The lowest BCUT2D eigenvalue weighted by Crippen LogP contribution is -2.38. The third-order valence-electron chi connectivity index (χ3n) is 5.19. The highest BCUT2D eigenvalue weighted by Gasteiger charge is 2.22. The van der Waals surface area contributed by atoms with E-state index in [0.29, 0.717) is 54.1 Å². The van der Waals surface area contributed by atoms with Gasteiger partial charge in [0.1, 0.15) is 11.6 Å². The standard InChI is InChI=1S/C23H25FN6O3S/c1-29(21(31)19-6-3-7-25-20(19)30-8-10-33-11-9-30)14-18-15-34-23(27-18)28-22(32)26-13-16-4-2-5-17(24)12-16/h2-7,12,15H,8-11,13-14H2,1H3,(H2,26,27,28,32). The molecule has 4 rings (SSSR count). The van der Waals surface area contributed by atoms with E-state index < -0.39 is 6.03 Å². The molecule has 1 saturated heterocycles. The molecular formula is C23H25FN6O3S. The Balaban J connectivity index is 1.33. The Morgan fingerprint density at radius 1 is 1.24 bits per heavy atom. The lowest BCUT2D eigenvalue weighted by Gasteiger charge is -2.29. The average molecular weight is 485 g/mol. The number of aromatic nitrogens is 2. The number of halogens is 1. The van der Waals surface area contributed by atoms with Gasteiger partial charge in [-0.1, -0.05) is 12.1 Å². The van der Waals surface area contributed by atoms with E-state index in [-0.39, 0.29) is 24.8 Å². The minimum absolute atomic E-state index is 0.162. The molecule has 0 bridgehead atoms. The molecule has 3 heterocycles. The molecule has 2 aromatic heterocycles. The number of hydrogen-bond acceptors (Lipinski definition) is 7. The molecule has 0 saturated carbocycles. The number of urea groups is 1. The first-order chi connectivity index (χ1) is 16.5. The third kappa shape index (κ3) is 6.06. The number of carbonyl (C=O) groups is 2. The molecule has 0 atom stereocenters. The number of benzene rings is 1. The largest absolute Gasteiger partial charge is 0.378 e. The summed E-state index contributed by atoms with van der Waals surface area (Å²) in [5, 5.41) is 7.53. The van der Waals surface area contributed by atoms with E-state index in [4.69, 9.17) is 4.74 Å². The predicted molar refractivity (Wildman–Crippen MR) is 127 cm³/mol. The van der Waals surface area contributed by atoms with Gasteiger partial charge < -0.3 is 19.9 Å². The summed E-state index contributed by atoms with van der Waals surface area (Å²) in [5.74, 6) is 0.134. The molecule has 1 fully saturated rings. The highest BCUT2D eigenvalue weighted by molar-refractivity contribution is 7.13. The van der Waals surface area contributed by atoms with Crippen LogP contribution in [0.2, 0.25) is 0 Å². The first-order valence-corrected chi connectivity index (χ1v) is 11.6. The van der Waals surface area contributed by atoms with Gasteiger partial charge in [0.2, 0.25) is 0 Å². The Labute approximate surface area is 200 Å². The number of pyridine rings is 1. The monoisotopic (exact) mass is 484 g/mol. The SMILES string of the molecule is CN(Cc1csc(NC(=O)NCc2cccc(F)c2)n1)C(=O)c1cccnc1N1CCOCC1. The number of thiazole rings is 1. The van der Waals surface area contributed by atoms with Crippen LogP contribution in [0, 0.1) is 5.82 Å². The number of nitrogens with one attached hydrogen (secondary N) is 2. The number of rotatable bonds is 7. The molecule has 34 heavy (non-hydrogen) atoms. The molecule has 3 amide bonds. The van der Waals surface area contributed by atoms with Crippen molar-refractivity contribution >= 4 is 34.2 Å². The molecule has 0 spiro atoms. The van der Waals surface area contributed by atoms with Crippen molar-refractivity contribution in [3.8, 4) is 0 Å². The van der Waals surface area contributed by atoms with Crippen molar-refractivity contribution in [2.75, 3.05) is 43.6 Å². The molecule has 2 N–H and O–H groups in total. The second-order valence-electron chi connectivity index (χ2n) is 7.72. The molecular weight excluding hydrogens is 459 g/mol. The fourth-order valence-electron chi connectivity index (χ4n) is 3.52. The van der Waals surface area contributed by atoms with Crippen molar-refractivity contribution in [1.29, 1.82) is 0 Å². The molecule has 1 aliphatic rings. The number of amides is 3. The van der Waals surface area contributed by atoms with Gasteiger partial charge in [-0.05, 0) is 29.8 Å². The van der Waals surface area contributed by atoms with E-state index in [1.165, 1.54) is 23.5 Å².